The van der Waals surface area contributed by atoms with Gasteiger partial charge in [0.2, 0.25) is 0 Å². The average molecular weight is 360 g/mol. The second-order valence-electron chi connectivity index (χ2n) is 5.74. The predicted molar refractivity (Wildman–Crippen MR) is 93.0 cm³/mol. The van der Waals surface area contributed by atoms with Crippen LogP contribution in [0.25, 0.3) is 0 Å². The minimum Gasteiger partial charge on any atom is -0.469 e. The molecular weight excluding hydrogens is 340 g/mol. The number of carbonyl (C=O) groups is 2. The summed E-state index contributed by atoms with van der Waals surface area (Å²) in [6.07, 6.45) is 2.87. The normalized spacial score (nSPS) is 11.6. The first-order valence-corrected chi connectivity index (χ1v) is 8.20. The van der Waals surface area contributed by atoms with E-state index in [1.807, 2.05) is 13.0 Å². The standard InChI is InChI=1S/C18H20N2O6/c1-3-25-18(22)14-9-13(10-15(11-14)20(23)24)17(21)19-12(2)6-7-16-5-4-8-26-16/h4-5,8-12H,3,6-7H2,1-2H3,(H,19,21). The number of nitro benzene ring substituents is 1. The lowest BCUT2D eigenvalue weighted by molar-refractivity contribution is -0.384. The van der Waals surface area contributed by atoms with Crippen molar-refractivity contribution in [1.29, 1.82) is 0 Å². The van der Waals surface area contributed by atoms with E-state index in [1.54, 1.807) is 19.3 Å². The topological polar surface area (TPSA) is 112 Å². The SMILES string of the molecule is CCOC(=O)c1cc(C(=O)NC(C)CCc2ccco2)cc([N+](=O)[O-])c1. The highest BCUT2D eigenvalue weighted by molar-refractivity contribution is 5.99. The summed E-state index contributed by atoms with van der Waals surface area (Å²) in [5.41, 5.74) is -0.342. The van der Waals surface area contributed by atoms with Crippen molar-refractivity contribution in [2.45, 2.75) is 32.7 Å². The smallest absolute Gasteiger partial charge is 0.338 e. The molecule has 1 atom stereocenters. The first-order chi connectivity index (χ1) is 12.4. The number of ether oxygens (including phenoxy) is 1. The lowest BCUT2D eigenvalue weighted by Crippen LogP contribution is -2.33. The van der Waals surface area contributed by atoms with Gasteiger partial charge in [-0.25, -0.2) is 4.79 Å². The van der Waals surface area contributed by atoms with Crippen LogP contribution < -0.4 is 5.32 Å². The Morgan fingerprint density at radius 1 is 1.31 bits per heavy atom. The zero-order valence-electron chi connectivity index (χ0n) is 14.6. The van der Waals surface area contributed by atoms with Gasteiger partial charge in [0.1, 0.15) is 5.76 Å². The number of esters is 1. The van der Waals surface area contributed by atoms with E-state index in [9.17, 15) is 19.7 Å². The maximum Gasteiger partial charge on any atom is 0.338 e. The number of hydrogen-bond acceptors (Lipinski definition) is 6. The molecule has 1 amide bonds. The van der Waals surface area contributed by atoms with Crippen LogP contribution in [0.3, 0.4) is 0 Å². The van der Waals surface area contributed by atoms with E-state index in [4.69, 9.17) is 9.15 Å². The Morgan fingerprint density at radius 2 is 2.04 bits per heavy atom. The maximum absolute atomic E-state index is 12.4. The van der Waals surface area contributed by atoms with E-state index in [-0.39, 0.29) is 29.5 Å². The third-order valence-corrected chi connectivity index (χ3v) is 3.68. The average Bonchev–Trinajstić information content (AvgIpc) is 3.13. The van der Waals surface area contributed by atoms with Crippen LogP contribution in [0, 0.1) is 10.1 Å². The molecule has 26 heavy (non-hydrogen) atoms. The summed E-state index contributed by atoms with van der Waals surface area (Å²) in [4.78, 5) is 34.7. The van der Waals surface area contributed by atoms with Crippen molar-refractivity contribution < 1.29 is 23.7 Å². The van der Waals surface area contributed by atoms with E-state index >= 15 is 0 Å². The minimum absolute atomic E-state index is 0.0329. The number of carbonyl (C=O) groups excluding carboxylic acids is 2. The fourth-order valence-electron chi connectivity index (χ4n) is 2.37. The minimum atomic E-state index is -0.712. The molecule has 1 aromatic heterocycles. The van der Waals surface area contributed by atoms with Gasteiger partial charge in [0.25, 0.3) is 11.6 Å². The molecule has 1 heterocycles. The Kier molecular flexibility index (Phi) is 6.48. The Hall–Kier alpha value is -3.16. The number of nitrogens with zero attached hydrogens (tertiary/aromatic N) is 1. The number of amides is 1. The number of rotatable bonds is 8. The summed E-state index contributed by atoms with van der Waals surface area (Å²) in [6.45, 7) is 3.58. The molecule has 0 bridgehead atoms. The molecular formula is C18H20N2O6. The van der Waals surface area contributed by atoms with E-state index in [0.29, 0.717) is 12.8 Å². The summed E-state index contributed by atoms with van der Waals surface area (Å²) in [5.74, 6) is -0.395. The second kappa shape index (κ2) is 8.80. The van der Waals surface area contributed by atoms with Crippen LogP contribution >= 0.6 is 0 Å². The van der Waals surface area contributed by atoms with Crippen molar-refractivity contribution in [2.24, 2.45) is 0 Å². The largest absolute Gasteiger partial charge is 0.469 e. The van der Waals surface area contributed by atoms with E-state index < -0.39 is 16.8 Å². The van der Waals surface area contributed by atoms with Crippen molar-refractivity contribution in [3.05, 3.63) is 63.6 Å². The van der Waals surface area contributed by atoms with Crippen molar-refractivity contribution in [3.8, 4) is 0 Å². The van der Waals surface area contributed by atoms with Gasteiger partial charge in [-0.15, -0.1) is 0 Å². The van der Waals surface area contributed by atoms with Gasteiger partial charge in [-0.3, -0.25) is 14.9 Å². The molecule has 1 N–H and O–H groups in total. The fraction of sp³-hybridized carbons (Fsp3) is 0.333. The van der Waals surface area contributed by atoms with Crippen molar-refractivity contribution in [3.63, 3.8) is 0 Å². The van der Waals surface area contributed by atoms with Crippen LogP contribution in [0.1, 0.15) is 46.7 Å². The third kappa shape index (κ3) is 5.17. The van der Waals surface area contributed by atoms with Crippen molar-refractivity contribution in [1.82, 2.24) is 5.32 Å². The van der Waals surface area contributed by atoms with Gasteiger partial charge in [-0.2, -0.15) is 0 Å². The zero-order chi connectivity index (χ0) is 19.1. The molecule has 138 valence electrons. The van der Waals surface area contributed by atoms with Crippen molar-refractivity contribution >= 4 is 17.6 Å². The van der Waals surface area contributed by atoms with E-state index in [0.717, 1.165) is 17.9 Å². The maximum atomic E-state index is 12.4. The van der Waals surface area contributed by atoms with Crippen LogP contribution in [0.2, 0.25) is 0 Å². The van der Waals surface area contributed by atoms with Crippen LogP contribution in [0.5, 0.6) is 0 Å². The molecule has 0 aliphatic rings. The Balaban J connectivity index is 2.10. The van der Waals surface area contributed by atoms with E-state index in [1.165, 1.54) is 6.07 Å². The van der Waals surface area contributed by atoms with Crippen LogP contribution in [-0.4, -0.2) is 29.4 Å². The summed E-state index contributed by atoms with van der Waals surface area (Å²) in [6, 6.07) is 6.98. The molecule has 0 saturated carbocycles. The van der Waals surface area contributed by atoms with Gasteiger partial charge in [0.05, 0.1) is 23.4 Å². The molecule has 0 aliphatic heterocycles. The molecule has 8 heteroatoms. The van der Waals surface area contributed by atoms with Gasteiger partial charge in [0, 0.05) is 30.2 Å². The summed E-state index contributed by atoms with van der Waals surface area (Å²) < 4.78 is 10.1. The molecule has 0 saturated heterocycles. The second-order valence-corrected chi connectivity index (χ2v) is 5.74. The number of benzene rings is 1. The van der Waals surface area contributed by atoms with Gasteiger partial charge in [0.15, 0.2) is 0 Å². The van der Waals surface area contributed by atoms with Crippen LogP contribution in [-0.2, 0) is 11.2 Å². The van der Waals surface area contributed by atoms with Crippen LogP contribution in [0.15, 0.2) is 41.0 Å². The van der Waals surface area contributed by atoms with Gasteiger partial charge < -0.3 is 14.5 Å². The highest BCUT2D eigenvalue weighted by Gasteiger charge is 2.19. The molecule has 2 rings (SSSR count). The highest BCUT2D eigenvalue weighted by atomic mass is 16.6. The third-order valence-electron chi connectivity index (χ3n) is 3.68. The number of non-ortho nitro benzene ring substituents is 1. The molecule has 1 unspecified atom stereocenters. The summed E-state index contributed by atoms with van der Waals surface area (Å²) in [7, 11) is 0. The fourth-order valence-corrected chi connectivity index (χ4v) is 2.37. The quantitative estimate of drug-likeness (QED) is 0.440. The first kappa shape index (κ1) is 19.2. The lowest BCUT2D eigenvalue weighted by atomic mass is 10.1. The van der Waals surface area contributed by atoms with Gasteiger partial charge >= 0.3 is 5.97 Å². The molecule has 0 aliphatic carbocycles. The zero-order valence-corrected chi connectivity index (χ0v) is 14.6. The Morgan fingerprint density at radius 3 is 2.65 bits per heavy atom. The summed E-state index contributed by atoms with van der Waals surface area (Å²) >= 11 is 0. The predicted octanol–water partition coefficient (Wildman–Crippen LogP) is 3.12. The Bertz CT molecular complexity index is 785. The number of nitrogens with one attached hydrogen (secondary N) is 1. The van der Waals surface area contributed by atoms with Gasteiger partial charge in [-0.1, -0.05) is 0 Å². The molecule has 1 aromatic carbocycles. The number of furan rings is 1. The highest BCUT2D eigenvalue weighted by Crippen LogP contribution is 2.18. The lowest BCUT2D eigenvalue weighted by Gasteiger charge is -2.13. The molecule has 0 fully saturated rings. The van der Waals surface area contributed by atoms with Gasteiger partial charge in [-0.05, 0) is 38.5 Å². The van der Waals surface area contributed by atoms with Crippen molar-refractivity contribution in [2.75, 3.05) is 6.61 Å². The molecule has 8 nitrogen and oxygen atoms in total. The number of aryl methyl sites for hydroxylation is 1. The number of nitro groups is 1. The monoisotopic (exact) mass is 360 g/mol. The van der Waals surface area contributed by atoms with E-state index in [2.05, 4.69) is 5.32 Å². The first-order valence-electron chi connectivity index (χ1n) is 8.20. The molecule has 2 aromatic rings. The molecule has 0 spiro atoms. The Labute approximate surface area is 150 Å². The molecule has 0 radical (unpaired) electrons. The summed E-state index contributed by atoms with van der Waals surface area (Å²) in [5, 5.41) is 13.8. The number of hydrogen-bond donors (Lipinski definition) is 1. The van der Waals surface area contributed by atoms with Crippen LogP contribution in [0.4, 0.5) is 5.69 Å².